The summed E-state index contributed by atoms with van der Waals surface area (Å²) in [4.78, 5) is 0. The molecule has 1 atom stereocenters. The Morgan fingerprint density at radius 3 is 2.32 bits per heavy atom. The molecule has 22 heavy (non-hydrogen) atoms. The van der Waals surface area contributed by atoms with Gasteiger partial charge in [-0.05, 0) is 13.3 Å². The highest BCUT2D eigenvalue weighted by Gasteiger charge is 2.08. The molecule has 1 unspecified atom stereocenters. The van der Waals surface area contributed by atoms with Gasteiger partial charge in [0.05, 0.1) is 12.7 Å². The van der Waals surface area contributed by atoms with E-state index in [1.54, 1.807) is 0 Å². The van der Waals surface area contributed by atoms with Gasteiger partial charge in [-0.25, -0.2) is 5.01 Å². The second-order valence-electron chi connectivity index (χ2n) is 6.59. The molecule has 0 bridgehead atoms. The zero-order chi connectivity index (χ0) is 15.9. The number of nitrogens with one attached hydrogen (secondary N) is 2. The fourth-order valence-electron chi connectivity index (χ4n) is 2.94. The Hall–Kier alpha value is -0.160. The minimum atomic E-state index is 0.407. The Kier molecular flexibility index (Phi) is 13.0. The summed E-state index contributed by atoms with van der Waals surface area (Å²) >= 11 is 0. The largest absolute Gasteiger partial charge is 0.377 e. The highest BCUT2D eigenvalue weighted by atomic mass is 16.5. The van der Waals surface area contributed by atoms with Crippen LogP contribution in [0.2, 0.25) is 0 Å². The summed E-state index contributed by atoms with van der Waals surface area (Å²) < 4.78 is 5.89. The maximum Gasteiger partial charge on any atom is 0.0608 e. The van der Waals surface area contributed by atoms with E-state index in [2.05, 4.69) is 29.6 Å². The minimum Gasteiger partial charge on any atom is -0.377 e. The molecule has 1 saturated heterocycles. The average molecular weight is 314 g/mol. The molecule has 0 aromatic carbocycles. The lowest BCUT2D eigenvalue weighted by Gasteiger charge is -2.28. The molecule has 1 heterocycles. The predicted molar refractivity (Wildman–Crippen MR) is 95.1 cm³/mol. The van der Waals surface area contributed by atoms with Crippen molar-refractivity contribution in [1.29, 1.82) is 0 Å². The molecule has 4 nitrogen and oxygen atoms in total. The molecule has 1 rings (SSSR count). The Morgan fingerprint density at radius 1 is 1.00 bits per heavy atom. The summed E-state index contributed by atoms with van der Waals surface area (Å²) in [5.74, 6) is 0. The van der Waals surface area contributed by atoms with Crippen molar-refractivity contribution in [2.45, 2.75) is 77.7 Å². The lowest BCUT2D eigenvalue weighted by Crippen LogP contribution is -2.51. The van der Waals surface area contributed by atoms with E-state index in [1.165, 1.54) is 57.8 Å². The van der Waals surface area contributed by atoms with Gasteiger partial charge < -0.3 is 10.1 Å². The van der Waals surface area contributed by atoms with Crippen LogP contribution in [0.15, 0.2) is 0 Å². The Bertz CT molecular complexity index is 232. The van der Waals surface area contributed by atoms with E-state index in [4.69, 9.17) is 4.74 Å². The lowest BCUT2D eigenvalue weighted by atomic mass is 10.1. The number of rotatable bonds is 14. The van der Waals surface area contributed by atoms with E-state index in [-0.39, 0.29) is 0 Å². The SMILES string of the molecule is CCCCCCCCCCC(C)OCCNN1CCNCC1. The third kappa shape index (κ3) is 11.4. The Labute approximate surface area is 138 Å². The standard InChI is InChI=1S/C18H39N3O/c1-3-4-5-6-7-8-9-10-11-18(2)22-17-14-20-21-15-12-19-13-16-21/h18-20H,3-17H2,1-2H3. The number of unbranched alkanes of at least 4 members (excludes halogenated alkanes) is 7. The first-order valence-corrected chi connectivity index (χ1v) is 9.63. The number of hydrazine groups is 1. The fourth-order valence-corrected chi connectivity index (χ4v) is 2.94. The summed E-state index contributed by atoms with van der Waals surface area (Å²) in [6.45, 7) is 10.6. The number of ether oxygens (including phenoxy) is 1. The molecule has 132 valence electrons. The number of hydrogen-bond acceptors (Lipinski definition) is 4. The molecule has 0 spiro atoms. The smallest absolute Gasteiger partial charge is 0.0608 e. The molecule has 0 saturated carbocycles. The molecule has 0 aromatic rings. The van der Waals surface area contributed by atoms with Crippen molar-refractivity contribution < 1.29 is 4.74 Å². The average Bonchev–Trinajstić information content (AvgIpc) is 2.55. The minimum absolute atomic E-state index is 0.407. The molecule has 4 heteroatoms. The number of nitrogens with zero attached hydrogens (tertiary/aromatic N) is 1. The monoisotopic (exact) mass is 313 g/mol. The highest BCUT2D eigenvalue weighted by Crippen LogP contribution is 2.11. The van der Waals surface area contributed by atoms with Crippen LogP contribution in [0.4, 0.5) is 0 Å². The van der Waals surface area contributed by atoms with Crippen LogP contribution in [0.3, 0.4) is 0 Å². The van der Waals surface area contributed by atoms with Crippen LogP contribution in [0.1, 0.15) is 71.6 Å². The molecule has 0 aromatic heterocycles. The Balaban J connectivity index is 1.80. The molecule has 1 fully saturated rings. The van der Waals surface area contributed by atoms with Crippen molar-refractivity contribution in [3.8, 4) is 0 Å². The van der Waals surface area contributed by atoms with E-state index in [0.29, 0.717) is 6.10 Å². The van der Waals surface area contributed by atoms with Gasteiger partial charge in [-0.15, -0.1) is 0 Å². The van der Waals surface area contributed by atoms with Gasteiger partial charge in [0.1, 0.15) is 0 Å². The van der Waals surface area contributed by atoms with Gasteiger partial charge in [-0.1, -0.05) is 58.3 Å². The van der Waals surface area contributed by atoms with Crippen LogP contribution in [0.25, 0.3) is 0 Å². The number of hydrogen-bond donors (Lipinski definition) is 2. The summed E-state index contributed by atoms with van der Waals surface area (Å²) in [6.07, 6.45) is 12.7. The van der Waals surface area contributed by atoms with Crippen LogP contribution < -0.4 is 10.7 Å². The first kappa shape index (κ1) is 19.9. The van der Waals surface area contributed by atoms with Gasteiger partial charge in [-0.2, -0.15) is 0 Å². The van der Waals surface area contributed by atoms with Gasteiger partial charge in [0.25, 0.3) is 0 Å². The number of piperazine rings is 1. The summed E-state index contributed by atoms with van der Waals surface area (Å²) in [6, 6.07) is 0. The third-order valence-corrected chi connectivity index (χ3v) is 4.42. The highest BCUT2D eigenvalue weighted by molar-refractivity contribution is 4.63. The van der Waals surface area contributed by atoms with E-state index < -0.39 is 0 Å². The van der Waals surface area contributed by atoms with Crippen molar-refractivity contribution in [3.05, 3.63) is 0 Å². The first-order valence-electron chi connectivity index (χ1n) is 9.63. The zero-order valence-corrected chi connectivity index (χ0v) is 15.0. The second kappa shape index (κ2) is 14.4. The van der Waals surface area contributed by atoms with Crippen LogP contribution in [-0.2, 0) is 4.74 Å². The molecular formula is C18H39N3O. The van der Waals surface area contributed by atoms with Gasteiger partial charge in [0.15, 0.2) is 0 Å². The Morgan fingerprint density at radius 2 is 1.64 bits per heavy atom. The lowest BCUT2D eigenvalue weighted by molar-refractivity contribution is 0.0456. The van der Waals surface area contributed by atoms with Gasteiger partial charge >= 0.3 is 0 Å². The van der Waals surface area contributed by atoms with Gasteiger partial charge in [0.2, 0.25) is 0 Å². The maximum absolute atomic E-state index is 5.89. The zero-order valence-electron chi connectivity index (χ0n) is 15.0. The van der Waals surface area contributed by atoms with E-state index in [0.717, 1.165) is 39.3 Å². The second-order valence-corrected chi connectivity index (χ2v) is 6.59. The van der Waals surface area contributed by atoms with Crippen LogP contribution >= 0.6 is 0 Å². The molecule has 0 amide bonds. The van der Waals surface area contributed by atoms with Crippen molar-refractivity contribution in [2.75, 3.05) is 39.3 Å². The third-order valence-electron chi connectivity index (χ3n) is 4.42. The molecule has 0 aliphatic carbocycles. The maximum atomic E-state index is 5.89. The molecule has 1 aliphatic rings. The topological polar surface area (TPSA) is 36.5 Å². The van der Waals surface area contributed by atoms with E-state index >= 15 is 0 Å². The van der Waals surface area contributed by atoms with Crippen molar-refractivity contribution >= 4 is 0 Å². The van der Waals surface area contributed by atoms with Crippen molar-refractivity contribution in [1.82, 2.24) is 15.8 Å². The summed E-state index contributed by atoms with van der Waals surface area (Å²) in [7, 11) is 0. The van der Waals surface area contributed by atoms with Crippen molar-refractivity contribution in [3.63, 3.8) is 0 Å². The van der Waals surface area contributed by atoms with E-state index in [9.17, 15) is 0 Å². The molecule has 0 radical (unpaired) electrons. The fraction of sp³-hybridized carbons (Fsp3) is 1.00. The molecular weight excluding hydrogens is 274 g/mol. The summed E-state index contributed by atoms with van der Waals surface area (Å²) in [5.41, 5.74) is 3.45. The first-order chi connectivity index (χ1) is 10.8. The van der Waals surface area contributed by atoms with Crippen LogP contribution in [0, 0.1) is 0 Å². The van der Waals surface area contributed by atoms with Crippen molar-refractivity contribution in [2.24, 2.45) is 0 Å². The van der Waals surface area contributed by atoms with Gasteiger partial charge in [0, 0.05) is 32.7 Å². The quantitative estimate of drug-likeness (QED) is 0.482. The molecule has 2 N–H and O–H groups in total. The molecule has 1 aliphatic heterocycles. The van der Waals surface area contributed by atoms with Crippen LogP contribution in [-0.4, -0.2) is 50.4 Å². The normalized spacial score (nSPS) is 17.7. The van der Waals surface area contributed by atoms with Gasteiger partial charge in [-0.3, -0.25) is 5.43 Å². The summed E-state index contributed by atoms with van der Waals surface area (Å²) in [5, 5.41) is 5.65. The van der Waals surface area contributed by atoms with Crippen LogP contribution in [0.5, 0.6) is 0 Å². The predicted octanol–water partition coefficient (Wildman–Crippen LogP) is 3.33. The van der Waals surface area contributed by atoms with E-state index in [1.807, 2.05) is 0 Å².